The normalized spacial score (nSPS) is 19.0. The predicted molar refractivity (Wildman–Crippen MR) is 126 cm³/mol. The third kappa shape index (κ3) is 4.67. The van der Waals surface area contributed by atoms with Crippen molar-refractivity contribution in [1.82, 2.24) is 9.97 Å². The van der Waals surface area contributed by atoms with Gasteiger partial charge in [-0.1, -0.05) is 25.3 Å². The summed E-state index contributed by atoms with van der Waals surface area (Å²) in [6.45, 7) is 0. The van der Waals surface area contributed by atoms with Crippen molar-refractivity contribution in [3.05, 3.63) is 69.8 Å². The number of methoxy groups -OCH3 is 1. The molecule has 3 aromatic rings. The van der Waals surface area contributed by atoms with Crippen LogP contribution in [0.1, 0.15) is 73.3 Å². The smallest absolute Gasteiger partial charge is 0.268 e. The largest absolute Gasteiger partial charge is 0.493 e. The van der Waals surface area contributed by atoms with Crippen molar-refractivity contribution in [3.63, 3.8) is 0 Å². The average Bonchev–Trinajstić information content (AvgIpc) is 3.24. The number of rotatable bonds is 3. The Balaban J connectivity index is 0.000000172. The van der Waals surface area contributed by atoms with Crippen molar-refractivity contribution >= 4 is 16.8 Å². The fraction of sp³-hybridized carbons (Fsp3) is 0.423. The molecule has 1 spiro atoms. The average molecular weight is 470 g/mol. The van der Waals surface area contributed by atoms with Gasteiger partial charge < -0.3 is 15.5 Å². The van der Waals surface area contributed by atoms with E-state index in [1.807, 2.05) is 0 Å². The van der Waals surface area contributed by atoms with Gasteiger partial charge >= 0.3 is 0 Å². The highest BCUT2D eigenvalue weighted by Crippen LogP contribution is 2.55. The minimum atomic E-state index is -0.838. The maximum atomic E-state index is 13.8. The summed E-state index contributed by atoms with van der Waals surface area (Å²) >= 11 is 0. The third-order valence-electron chi connectivity index (χ3n) is 7.25. The lowest BCUT2D eigenvalue weighted by atomic mass is 9.72. The summed E-state index contributed by atoms with van der Waals surface area (Å²) in [5.74, 6) is -1.93. The Morgan fingerprint density at radius 3 is 2.62 bits per heavy atom. The number of amides is 1. The molecule has 2 aliphatic carbocycles. The zero-order valence-electron chi connectivity index (χ0n) is 19.2. The summed E-state index contributed by atoms with van der Waals surface area (Å²) in [4.78, 5) is 29.0. The van der Waals surface area contributed by atoms with Gasteiger partial charge in [0, 0.05) is 24.0 Å². The quantitative estimate of drug-likeness (QED) is 0.550. The van der Waals surface area contributed by atoms with Crippen LogP contribution in [0.15, 0.2) is 41.5 Å². The zero-order chi connectivity index (χ0) is 24.3. The van der Waals surface area contributed by atoms with E-state index in [-0.39, 0.29) is 22.3 Å². The molecule has 6 nitrogen and oxygen atoms in total. The van der Waals surface area contributed by atoms with Crippen molar-refractivity contribution in [2.24, 2.45) is 11.1 Å². The maximum Gasteiger partial charge on any atom is 0.268 e. The number of ether oxygens (including phenoxy) is 1. The van der Waals surface area contributed by atoms with Crippen LogP contribution in [-0.4, -0.2) is 23.0 Å². The molecular weight excluding hydrogens is 440 g/mol. The number of carbonyl (C=O) groups excluding carboxylic acids is 1. The molecule has 0 aliphatic heterocycles. The van der Waals surface area contributed by atoms with Gasteiger partial charge in [-0.3, -0.25) is 14.6 Å². The van der Waals surface area contributed by atoms with Gasteiger partial charge in [0.1, 0.15) is 5.69 Å². The predicted octanol–water partition coefficient (Wildman–Crippen LogP) is 5.21. The molecule has 2 saturated carbocycles. The Kier molecular flexibility index (Phi) is 6.95. The number of pyridine rings is 2. The van der Waals surface area contributed by atoms with Crippen LogP contribution in [0.5, 0.6) is 5.75 Å². The van der Waals surface area contributed by atoms with Gasteiger partial charge in [-0.15, -0.1) is 0 Å². The molecule has 34 heavy (non-hydrogen) atoms. The number of nitrogens with zero attached hydrogens (tertiary/aromatic N) is 1. The number of hydrogen-bond donors (Lipinski definition) is 2. The first kappa shape index (κ1) is 23.9. The van der Waals surface area contributed by atoms with Crippen LogP contribution in [0.3, 0.4) is 0 Å². The molecule has 0 bridgehead atoms. The van der Waals surface area contributed by atoms with Crippen LogP contribution < -0.4 is 15.9 Å². The molecule has 2 aliphatic rings. The van der Waals surface area contributed by atoms with E-state index in [2.05, 4.69) is 9.97 Å². The molecule has 2 fully saturated rings. The fourth-order valence-corrected chi connectivity index (χ4v) is 5.61. The van der Waals surface area contributed by atoms with E-state index in [1.54, 1.807) is 12.1 Å². The second-order valence-corrected chi connectivity index (χ2v) is 9.27. The minimum absolute atomic E-state index is 0.00403. The second-order valence-electron chi connectivity index (χ2n) is 9.27. The maximum absolute atomic E-state index is 13.8. The molecule has 1 unspecified atom stereocenters. The molecule has 1 amide bonds. The van der Waals surface area contributed by atoms with Crippen LogP contribution >= 0.6 is 0 Å². The number of benzene rings is 1. The first-order valence-corrected chi connectivity index (χ1v) is 11.6. The molecule has 8 heteroatoms. The van der Waals surface area contributed by atoms with Gasteiger partial charge in [0.2, 0.25) is 5.82 Å². The number of H-pyrrole nitrogens is 1. The van der Waals surface area contributed by atoms with Gasteiger partial charge in [0.15, 0.2) is 17.0 Å². The number of nitrogens with one attached hydrogen (secondary N) is 1. The zero-order valence-corrected chi connectivity index (χ0v) is 19.2. The number of aromatic amines is 1. The first-order valence-electron chi connectivity index (χ1n) is 11.6. The fourth-order valence-electron chi connectivity index (χ4n) is 5.61. The lowest BCUT2D eigenvalue weighted by Gasteiger charge is -2.33. The summed E-state index contributed by atoms with van der Waals surface area (Å²) in [7, 11) is 1.42. The Bertz CT molecular complexity index is 1250. The SMILES string of the molecule is COc1c(C2CCC3(CCCCC3)C2)ccc(F)c1F.NC(=O)c1nccc2[nH]ccc(=O)c12. The molecule has 5 rings (SSSR count). The second kappa shape index (κ2) is 9.91. The number of primary amides is 1. The number of hydrogen-bond acceptors (Lipinski definition) is 4. The van der Waals surface area contributed by atoms with Crippen molar-refractivity contribution in [2.75, 3.05) is 7.11 Å². The van der Waals surface area contributed by atoms with Gasteiger partial charge in [-0.05, 0) is 55.6 Å². The highest BCUT2D eigenvalue weighted by Gasteiger charge is 2.41. The highest BCUT2D eigenvalue weighted by molar-refractivity contribution is 6.03. The van der Waals surface area contributed by atoms with E-state index in [0.717, 1.165) is 18.4 Å². The Morgan fingerprint density at radius 1 is 1.15 bits per heavy atom. The molecule has 0 saturated heterocycles. The van der Waals surface area contributed by atoms with E-state index < -0.39 is 17.5 Å². The molecule has 2 heterocycles. The van der Waals surface area contributed by atoms with Crippen LogP contribution in [0.25, 0.3) is 10.9 Å². The summed E-state index contributed by atoms with van der Waals surface area (Å²) in [5.41, 5.74) is 6.70. The summed E-state index contributed by atoms with van der Waals surface area (Å²) < 4.78 is 32.3. The number of nitrogens with two attached hydrogens (primary N) is 1. The number of aromatic nitrogens is 2. The Labute approximate surface area is 196 Å². The number of halogens is 2. The third-order valence-corrected chi connectivity index (χ3v) is 7.25. The summed E-state index contributed by atoms with van der Waals surface area (Å²) in [5, 5.41) is 0.238. The number of carbonyl (C=O) groups is 1. The van der Waals surface area contributed by atoms with E-state index in [4.69, 9.17) is 10.5 Å². The monoisotopic (exact) mass is 469 g/mol. The van der Waals surface area contributed by atoms with E-state index in [1.165, 1.54) is 70.2 Å². The van der Waals surface area contributed by atoms with E-state index >= 15 is 0 Å². The van der Waals surface area contributed by atoms with Crippen LogP contribution in [0.4, 0.5) is 8.78 Å². The Morgan fingerprint density at radius 2 is 1.91 bits per heavy atom. The van der Waals surface area contributed by atoms with Gasteiger partial charge in [0.05, 0.1) is 18.0 Å². The molecule has 1 atom stereocenters. The molecular formula is C26H29F2N3O3. The first-order chi connectivity index (χ1) is 16.3. The molecule has 180 valence electrons. The summed E-state index contributed by atoms with van der Waals surface area (Å²) in [6.07, 6.45) is 12.9. The van der Waals surface area contributed by atoms with E-state index in [9.17, 15) is 18.4 Å². The topological polar surface area (TPSA) is 98.1 Å². The van der Waals surface area contributed by atoms with Crippen LogP contribution in [-0.2, 0) is 0 Å². The molecule has 3 N–H and O–H groups in total. The van der Waals surface area contributed by atoms with E-state index in [0.29, 0.717) is 16.8 Å². The lowest BCUT2D eigenvalue weighted by molar-refractivity contribution is 0.0997. The van der Waals surface area contributed by atoms with Gasteiger partial charge in [-0.25, -0.2) is 4.39 Å². The highest BCUT2D eigenvalue weighted by atomic mass is 19.2. The molecule has 2 aromatic heterocycles. The van der Waals surface area contributed by atoms with Crippen LogP contribution in [0, 0.1) is 17.0 Å². The molecule has 1 aromatic carbocycles. The number of fused-ring (bicyclic) bond motifs is 1. The van der Waals surface area contributed by atoms with Crippen LogP contribution in [0.2, 0.25) is 0 Å². The van der Waals surface area contributed by atoms with Gasteiger partial charge in [-0.2, -0.15) is 4.39 Å². The standard InChI is InChI=1S/C17H22F2O.C9H7N3O2/c1-20-16-13(5-6-14(18)15(16)19)12-7-10-17(11-12)8-3-2-4-9-17;10-9(14)8-7-5(1-3-12-8)11-4-2-6(7)13/h5-6,12H,2-4,7-11H2,1H3;1-4H,(H2,10,14)(H,11,13). The van der Waals surface area contributed by atoms with Crippen molar-refractivity contribution in [3.8, 4) is 5.75 Å². The minimum Gasteiger partial charge on any atom is -0.493 e. The summed E-state index contributed by atoms with van der Waals surface area (Å²) in [6, 6.07) is 5.89. The van der Waals surface area contributed by atoms with Gasteiger partial charge in [0.25, 0.3) is 5.91 Å². The lowest BCUT2D eigenvalue weighted by Crippen LogP contribution is -2.20. The Hall–Kier alpha value is -3.29. The van der Waals surface area contributed by atoms with Crippen molar-refractivity contribution in [1.29, 1.82) is 0 Å². The van der Waals surface area contributed by atoms with Crippen molar-refractivity contribution in [2.45, 2.75) is 57.3 Å². The van der Waals surface area contributed by atoms with Crippen molar-refractivity contribution < 1.29 is 18.3 Å². The molecule has 0 radical (unpaired) electrons.